The fourth-order valence-electron chi connectivity index (χ4n) is 3.31. The van der Waals surface area contributed by atoms with Gasteiger partial charge >= 0.3 is 0 Å². The van der Waals surface area contributed by atoms with Gasteiger partial charge in [0.2, 0.25) is 0 Å². The maximum atomic E-state index is 11.0. The summed E-state index contributed by atoms with van der Waals surface area (Å²) < 4.78 is 0. The molecule has 0 atom stereocenters. The van der Waals surface area contributed by atoms with Gasteiger partial charge in [0.1, 0.15) is 22.8 Å². The molecule has 0 N–H and O–H groups in total. The third-order valence-electron chi connectivity index (χ3n) is 5.00. The fraction of sp³-hybridized carbons (Fsp3) is 0. The summed E-state index contributed by atoms with van der Waals surface area (Å²) in [7, 11) is 0. The zero-order valence-corrected chi connectivity index (χ0v) is 20.8. The number of hydrogen-bond acceptors (Lipinski definition) is 8. The van der Waals surface area contributed by atoms with Crippen LogP contribution in [0.4, 0.5) is 0 Å². The van der Waals surface area contributed by atoms with Gasteiger partial charge in [-0.3, -0.25) is 0 Å². The van der Waals surface area contributed by atoms with Crippen LogP contribution in [-0.2, 0) is 20.4 Å². The largest absolute Gasteiger partial charge is 0.145 e. The van der Waals surface area contributed by atoms with E-state index in [2.05, 4.69) is 20.7 Å². The van der Waals surface area contributed by atoms with E-state index in [0.29, 0.717) is 22.3 Å². The van der Waals surface area contributed by atoms with Gasteiger partial charge in [0.25, 0.3) is 0 Å². The van der Waals surface area contributed by atoms with Gasteiger partial charge in [0.15, 0.2) is 0 Å². The van der Waals surface area contributed by atoms with E-state index in [9.17, 15) is 19.6 Å². The molecule has 0 saturated heterocycles. The second-order valence-electron chi connectivity index (χ2n) is 7.22. The summed E-state index contributed by atoms with van der Waals surface area (Å²) in [6.45, 7) is 0. The van der Waals surface area contributed by atoms with Crippen molar-refractivity contribution < 1.29 is 20.4 Å². The van der Waals surface area contributed by atoms with Crippen LogP contribution in [0.25, 0.3) is 22.8 Å². The van der Waals surface area contributed by atoms with Crippen LogP contribution in [0.3, 0.4) is 0 Å². The second kappa shape index (κ2) is 15.4. The summed E-state index contributed by atoms with van der Waals surface area (Å²) in [5.74, 6) is 0. The molecule has 0 spiro atoms. The maximum absolute atomic E-state index is 11.0. The summed E-state index contributed by atoms with van der Waals surface area (Å²) in [6, 6.07) is 35.2. The Morgan fingerprint density at radius 2 is 0.486 bits per heavy atom. The molecule has 4 rings (SSSR count). The maximum Gasteiger partial charge on any atom is 0.145 e. The molecule has 0 heterocycles. The molecule has 4 aromatic carbocycles. The number of nitrogens with zero attached hydrogens (tertiary/aromatic N) is 4. The average molecular weight is 583 g/mol. The van der Waals surface area contributed by atoms with Crippen molar-refractivity contribution in [2.45, 2.75) is 0 Å². The van der Waals surface area contributed by atoms with Gasteiger partial charge in [-0.25, -0.2) is 0 Å². The zero-order valence-electron chi connectivity index (χ0n) is 19.3. The van der Waals surface area contributed by atoms with E-state index in [0.717, 1.165) is 0 Å². The minimum absolute atomic E-state index is 0. The average Bonchev–Trinajstić information content (AvgIpc) is 2.96. The Kier molecular flexibility index (Phi) is 11.9. The first-order valence-electron chi connectivity index (χ1n) is 10.8. The van der Waals surface area contributed by atoms with Crippen molar-refractivity contribution in [1.29, 1.82) is 0 Å². The Morgan fingerprint density at radius 3 is 0.622 bits per heavy atom. The molecule has 8 nitrogen and oxygen atoms in total. The molecule has 0 fully saturated rings. The molecule has 4 aromatic rings. The van der Waals surface area contributed by atoms with Gasteiger partial charge in [0, 0.05) is 42.7 Å². The predicted octanol–water partition coefficient (Wildman–Crippen LogP) is 8.09. The smallest absolute Gasteiger partial charge is 0.145 e. The van der Waals surface area contributed by atoms with Crippen LogP contribution < -0.4 is 0 Å². The number of nitroso groups, excluding NO2 is 4. The van der Waals surface area contributed by atoms with Crippen molar-refractivity contribution in [1.82, 2.24) is 0 Å². The molecular weight excluding hydrogens is 563 g/mol. The molecule has 9 heteroatoms. The Labute approximate surface area is 226 Å². The van der Waals surface area contributed by atoms with E-state index >= 15 is 0 Å². The van der Waals surface area contributed by atoms with E-state index < -0.39 is 0 Å². The van der Waals surface area contributed by atoms with Crippen LogP contribution in [0.2, 0.25) is 0 Å². The van der Waals surface area contributed by atoms with Crippen LogP contribution in [-0.4, -0.2) is 0 Å². The topological polar surface area (TPSA) is 118 Å². The first-order valence-corrected chi connectivity index (χ1v) is 10.8. The molecule has 37 heavy (non-hydrogen) atoms. The fourth-order valence-corrected chi connectivity index (χ4v) is 3.31. The molecule has 0 aliphatic heterocycles. The van der Waals surface area contributed by atoms with Crippen LogP contribution >= 0.6 is 0 Å². The number of rotatable bonds is 8. The Bertz CT molecular complexity index is 1160. The summed E-state index contributed by atoms with van der Waals surface area (Å²) in [5.41, 5.74) is 2.51. The predicted molar refractivity (Wildman–Crippen MR) is 143 cm³/mol. The van der Waals surface area contributed by atoms with Crippen molar-refractivity contribution in [2.75, 3.05) is 0 Å². The molecule has 0 aliphatic carbocycles. The van der Waals surface area contributed by atoms with Gasteiger partial charge in [-0.15, -0.1) is 19.6 Å². The molecule has 0 aromatic heterocycles. The van der Waals surface area contributed by atoms with Gasteiger partial charge in [-0.2, -0.15) is 0 Å². The molecule has 186 valence electrons. The van der Waals surface area contributed by atoms with Crippen molar-refractivity contribution in [3.05, 3.63) is 163 Å². The minimum atomic E-state index is 0. The quantitative estimate of drug-likeness (QED) is 0.118. The van der Waals surface area contributed by atoms with Crippen molar-refractivity contribution in [3.63, 3.8) is 0 Å². The summed E-state index contributed by atoms with van der Waals surface area (Å²) >= 11 is 0. The minimum Gasteiger partial charge on any atom is -0.145 e. The number of hydrogen-bond donors (Lipinski definition) is 0. The first kappa shape index (κ1) is 28.7. The van der Waals surface area contributed by atoms with E-state index in [-0.39, 0.29) is 43.2 Å². The Morgan fingerprint density at radius 1 is 0.324 bits per heavy atom. The second-order valence-corrected chi connectivity index (χ2v) is 7.22. The van der Waals surface area contributed by atoms with E-state index in [4.69, 9.17) is 0 Å². The molecular formula is C28H20N4O4Pd. The summed E-state index contributed by atoms with van der Waals surface area (Å²) in [5, 5.41) is 11.8. The molecule has 0 aliphatic rings. The van der Waals surface area contributed by atoms with Crippen molar-refractivity contribution >= 4 is 22.8 Å². The zero-order chi connectivity index (χ0) is 25.6. The Hall–Kier alpha value is -4.58. The van der Waals surface area contributed by atoms with Crippen LogP contribution in [0.5, 0.6) is 0 Å². The van der Waals surface area contributed by atoms with Gasteiger partial charge < -0.3 is 0 Å². The molecule has 0 unspecified atom stereocenters. The first-order chi connectivity index (χ1) is 17.7. The normalized spacial score (nSPS) is 11.2. The van der Waals surface area contributed by atoms with E-state index in [1.165, 1.54) is 0 Å². The summed E-state index contributed by atoms with van der Waals surface area (Å²) in [4.78, 5) is 43.9. The SMILES string of the molecule is O=NC(=C(N=O)c1ccccc1)c1ccccc1.O=NC(=C(N=O)c1ccccc1)c1ccccc1.[Pd]. The van der Waals surface area contributed by atoms with Gasteiger partial charge in [-0.1, -0.05) is 121 Å². The van der Waals surface area contributed by atoms with Crippen LogP contribution in [0, 0.1) is 19.6 Å². The van der Waals surface area contributed by atoms with Crippen molar-refractivity contribution in [2.24, 2.45) is 20.7 Å². The monoisotopic (exact) mass is 582 g/mol. The molecule has 0 saturated carbocycles. The Balaban J connectivity index is 0.000000253. The van der Waals surface area contributed by atoms with Crippen molar-refractivity contribution in [3.8, 4) is 0 Å². The van der Waals surface area contributed by atoms with Crippen LogP contribution in [0.1, 0.15) is 22.3 Å². The van der Waals surface area contributed by atoms with Crippen LogP contribution in [0.15, 0.2) is 142 Å². The van der Waals surface area contributed by atoms with Gasteiger partial charge in [-0.05, 0) is 20.7 Å². The van der Waals surface area contributed by atoms with Gasteiger partial charge in [0.05, 0.1) is 0 Å². The summed E-state index contributed by atoms with van der Waals surface area (Å²) in [6.07, 6.45) is 0. The third-order valence-corrected chi connectivity index (χ3v) is 5.00. The molecule has 0 amide bonds. The standard InChI is InChI=1S/2C14H10N2O2.Pd/c2*17-15-13(11-7-3-1-4-8-11)14(16-18)12-9-5-2-6-10-12;/h2*1-10H;. The third kappa shape index (κ3) is 7.70. The van der Waals surface area contributed by atoms with E-state index in [1.807, 2.05) is 24.3 Å². The number of benzene rings is 4. The molecule has 0 radical (unpaired) electrons. The molecule has 0 bridgehead atoms. The van der Waals surface area contributed by atoms with E-state index in [1.54, 1.807) is 97.1 Å².